The smallest absolute Gasteiger partial charge is 0.416 e. The Morgan fingerprint density at radius 2 is 1.79 bits per heavy atom. The Bertz CT molecular complexity index is 1110. The highest BCUT2D eigenvalue weighted by atomic mass is 32.2. The van der Waals surface area contributed by atoms with Crippen molar-refractivity contribution in [2.75, 3.05) is 6.61 Å². The lowest BCUT2D eigenvalue weighted by atomic mass is 10.1. The highest BCUT2D eigenvalue weighted by Crippen LogP contribution is 2.34. The first kappa shape index (κ1) is 25.0. The summed E-state index contributed by atoms with van der Waals surface area (Å²) in [5, 5.41) is 9.59. The second-order valence-corrected chi connectivity index (χ2v) is 9.74. The van der Waals surface area contributed by atoms with Crippen LogP contribution in [-0.4, -0.2) is 28.4 Å². The van der Waals surface area contributed by atoms with Crippen LogP contribution in [0.1, 0.15) is 36.9 Å². The number of aryl methyl sites for hydroxylation is 1. The average molecular weight is 497 g/mol. The number of hydrogen-bond acceptors (Lipinski definition) is 7. The molecule has 0 atom stereocenters. The molecular weight excluding hydrogens is 473 g/mol. The minimum absolute atomic E-state index is 0.284. The third-order valence-electron chi connectivity index (χ3n) is 4.57. The van der Waals surface area contributed by atoms with Crippen LogP contribution in [0.25, 0.3) is 10.6 Å². The maximum absolute atomic E-state index is 12.7. The maximum Gasteiger partial charge on any atom is 0.416 e. The van der Waals surface area contributed by atoms with Gasteiger partial charge in [-0.1, -0.05) is 23.5 Å². The number of benzene rings is 2. The second-order valence-electron chi connectivity index (χ2n) is 7.62. The Kier molecular flexibility index (Phi) is 7.69. The van der Waals surface area contributed by atoms with Crippen molar-refractivity contribution in [3.8, 4) is 16.3 Å². The van der Waals surface area contributed by atoms with Crippen LogP contribution >= 0.6 is 23.1 Å². The lowest BCUT2D eigenvalue weighted by molar-refractivity contribution is -0.158. The van der Waals surface area contributed by atoms with Crippen LogP contribution in [0.3, 0.4) is 0 Å². The largest absolute Gasteiger partial charge is 0.476 e. The summed E-state index contributed by atoms with van der Waals surface area (Å²) in [7, 11) is 0. The molecule has 0 aliphatic carbocycles. The van der Waals surface area contributed by atoms with Crippen molar-refractivity contribution in [1.82, 2.24) is 10.2 Å². The van der Waals surface area contributed by atoms with Gasteiger partial charge < -0.3 is 9.47 Å². The number of aromatic nitrogens is 2. The Labute approximate surface area is 198 Å². The summed E-state index contributed by atoms with van der Waals surface area (Å²) in [6.45, 7) is 7.25. The number of hydrogen-bond donors (Lipinski definition) is 0. The highest BCUT2D eigenvalue weighted by Gasteiger charge is 2.32. The first-order chi connectivity index (χ1) is 15.5. The van der Waals surface area contributed by atoms with Gasteiger partial charge in [0.15, 0.2) is 5.60 Å². The van der Waals surface area contributed by atoms with Gasteiger partial charge in [-0.3, -0.25) is 0 Å². The Hall–Kier alpha value is -2.59. The molecule has 0 saturated carbocycles. The first-order valence-electron chi connectivity index (χ1n) is 10.1. The molecule has 3 rings (SSSR count). The van der Waals surface area contributed by atoms with Gasteiger partial charge in [-0.05, 0) is 63.6 Å². The van der Waals surface area contributed by atoms with Crippen molar-refractivity contribution in [3.05, 3.63) is 58.6 Å². The van der Waals surface area contributed by atoms with Crippen molar-refractivity contribution >= 4 is 29.1 Å². The summed E-state index contributed by atoms with van der Waals surface area (Å²) >= 11 is 2.90. The molecule has 0 aliphatic heterocycles. The van der Waals surface area contributed by atoms with E-state index in [1.165, 1.54) is 23.5 Å². The molecule has 0 spiro atoms. The Balaban J connectivity index is 1.62. The zero-order valence-corrected chi connectivity index (χ0v) is 20.2. The SMILES string of the molecule is CCOC(=O)C(C)(C)Oc1ccc(SCc2nnc(-c3ccc(C(F)(F)F)cc3)s2)cc1C. The lowest BCUT2D eigenvalue weighted by Crippen LogP contribution is -2.39. The summed E-state index contributed by atoms with van der Waals surface area (Å²) in [5.74, 6) is 0.729. The van der Waals surface area contributed by atoms with Crippen molar-refractivity contribution in [1.29, 1.82) is 0 Å². The van der Waals surface area contributed by atoms with E-state index in [1.807, 2.05) is 25.1 Å². The summed E-state index contributed by atoms with van der Waals surface area (Å²) in [6.07, 6.45) is -4.37. The number of ether oxygens (including phenoxy) is 2. The number of carbonyl (C=O) groups excluding carboxylic acids is 1. The Morgan fingerprint density at radius 1 is 1.09 bits per heavy atom. The number of carbonyl (C=O) groups is 1. The van der Waals surface area contributed by atoms with E-state index in [4.69, 9.17) is 9.47 Å². The predicted molar refractivity (Wildman–Crippen MR) is 122 cm³/mol. The summed E-state index contributed by atoms with van der Waals surface area (Å²) < 4.78 is 49.1. The molecule has 0 saturated heterocycles. The first-order valence-corrected chi connectivity index (χ1v) is 11.9. The molecule has 0 unspecified atom stereocenters. The molecule has 0 bridgehead atoms. The van der Waals surface area contributed by atoms with E-state index in [0.29, 0.717) is 22.1 Å². The van der Waals surface area contributed by atoms with Gasteiger partial charge in [0.25, 0.3) is 0 Å². The van der Waals surface area contributed by atoms with E-state index >= 15 is 0 Å². The van der Waals surface area contributed by atoms with Gasteiger partial charge in [-0.2, -0.15) is 13.2 Å². The molecule has 3 aromatic rings. The van der Waals surface area contributed by atoms with E-state index in [1.54, 1.807) is 32.5 Å². The highest BCUT2D eigenvalue weighted by molar-refractivity contribution is 7.98. The number of esters is 1. The number of rotatable bonds is 8. The van der Waals surface area contributed by atoms with Gasteiger partial charge in [0, 0.05) is 10.5 Å². The number of halogens is 3. The molecule has 0 aliphatic rings. The van der Waals surface area contributed by atoms with Crippen molar-refractivity contribution in [2.45, 2.75) is 50.1 Å². The molecule has 0 radical (unpaired) electrons. The molecule has 2 aromatic carbocycles. The Morgan fingerprint density at radius 3 is 2.39 bits per heavy atom. The van der Waals surface area contributed by atoms with Crippen LogP contribution in [0, 0.1) is 6.92 Å². The van der Waals surface area contributed by atoms with Gasteiger partial charge >= 0.3 is 12.1 Å². The number of alkyl halides is 3. The van der Waals surface area contributed by atoms with Crippen LogP contribution in [0.5, 0.6) is 5.75 Å². The normalized spacial score (nSPS) is 12.0. The molecule has 0 amide bonds. The lowest BCUT2D eigenvalue weighted by Gasteiger charge is -2.25. The minimum atomic E-state index is -4.37. The maximum atomic E-state index is 12.7. The fourth-order valence-corrected chi connectivity index (χ4v) is 4.65. The van der Waals surface area contributed by atoms with Crippen molar-refractivity contribution < 1.29 is 27.4 Å². The van der Waals surface area contributed by atoms with Crippen LogP contribution in [0.4, 0.5) is 13.2 Å². The van der Waals surface area contributed by atoms with Gasteiger partial charge in [-0.15, -0.1) is 22.0 Å². The quantitative estimate of drug-likeness (QED) is 0.261. The molecule has 1 heterocycles. The fraction of sp³-hybridized carbons (Fsp3) is 0.348. The summed E-state index contributed by atoms with van der Waals surface area (Å²) in [5.41, 5.74) is -0.324. The van der Waals surface area contributed by atoms with Crippen LogP contribution in [0.15, 0.2) is 47.4 Å². The molecule has 0 fully saturated rings. The standard InChI is InChI=1S/C23H23F3N2O3S2/c1-5-30-21(29)22(3,4)31-18-11-10-17(12-14(18)2)32-13-19-27-28-20(33-19)15-6-8-16(9-7-15)23(24,25)26/h6-12H,5,13H2,1-4H3. The second kappa shape index (κ2) is 10.1. The third kappa shape index (κ3) is 6.48. The van der Waals surface area contributed by atoms with Gasteiger partial charge in [0.1, 0.15) is 15.8 Å². The summed E-state index contributed by atoms with van der Waals surface area (Å²) in [6, 6.07) is 10.6. The third-order valence-corrected chi connectivity index (χ3v) is 6.73. The van der Waals surface area contributed by atoms with Gasteiger partial charge in [0.2, 0.25) is 0 Å². The average Bonchev–Trinajstić information content (AvgIpc) is 3.23. The van der Waals surface area contributed by atoms with E-state index in [0.717, 1.165) is 27.6 Å². The molecule has 176 valence electrons. The topological polar surface area (TPSA) is 61.3 Å². The summed E-state index contributed by atoms with van der Waals surface area (Å²) in [4.78, 5) is 13.0. The van der Waals surface area contributed by atoms with E-state index < -0.39 is 23.3 Å². The van der Waals surface area contributed by atoms with Crippen LogP contribution in [-0.2, 0) is 21.5 Å². The van der Waals surface area contributed by atoms with Crippen molar-refractivity contribution in [3.63, 3.8) is 0 Å². The molecule has 10 heteroatoms. The van der Waals surface area contributed by atoms with Crippen molar-refractivity contribution in [2.24, 2.45) is 0 Å². The minimum Gasteiger partial charge on any atom is -0.476 e. The fourth-order valence-electron chi connectivity index (χ4n) is 2.82. The van der Waals surface area contributed by atoms with E-state index in [-0.39, 0.29) is 6.61 Å². The van der Waals surface area contributed by atoms with Crippen LogP contribution < -0.4 is 4.74 Å². The predicted octanol–water partition coefficient (Wildman–Crippen LogP) is 6.55. The molecule has 0 N–H and O–H groups in total. The number of nitrogens with zero attached hydrogens (tertiary/aromatic N) is 2. The molecule has 5 nitrogen and oxygen atoms in total. The molecular formula is C23H23F3N2O3S2. The van der Waals surface area contributed by atoms with Gasteiger partial charge in [0.05, 0.1) is 17.9 Å². The zero-order chi connectivity index (χ0) is 24.2. The van der Waals surface area contributed by atoms with E-state index in [9.17, 15) is 18.0 Å². The van der Waals surface area contributed by atoms with E-state index in [2.05, 4.69) is 10.2 Å². The van der Waals surface area contributed by atoms with Gasteiger partial charge in [-0.25, -0.2) is 4.79 Å². The monoisotopic (exact) mass is 496 g/mol. The molecule has 1 aromatic heterocycles. The number of thioether (sulfide) groups is 1. The molecule has 33 heavy (non-hydrogen) atoms. The zero-order valence-electron chi connectivity index (χ0n) is 18.5. The van der Waals surface area contributed by atoms with Crippen LogP contribution in [0.2, 0.25) is 0 Å².